The molecule has 3 heteroatoms. The number of hydrogen-bond donors (Lipinski definition) is 3. The zero-order chi connectivity index (χ0) is 16.9. The molecule has 0 aromatic heterocycles. The minimum atomic E-state index is -0.829. The molecule has 3 nitrogen and oxygen atoms in total. The summed E-state index contributed by atoms with van der Waals surface area (Å²) < 4.78 is 0. The molecule has 132 valence electrons. The van der Waals surface area contributed by atoms with Crippen LogP contribution in [0.15, 0.2) is 11.6 Å². The third-order valence-corrected chi connectivity index (χ3v) is 7.55. The van der Waals surface area contributed by atoms with E-state index in [2.05, 4.69) is 27.7 Å². The highest BCUT2D eigenvalue weighted by Gasteiger charge is 2.60. The van der Waals surface area contributed by atoms with E-state index in [0.29, 0.717) is 23.7 Å². The second-order valence-corrected chi connectivity index (χ2v) is 8.89. The largest absolute Gasteiger partial charge is 0.392 e. The lowest BCUT2D eigenvalue weighted by molar-refractivity contribution is -0.203. The van der Waals surface area contributed by atoms with Crippen LogP contribution in [0.4, 0.5) is 0 Å². The third-order valence-electron chi connectivity index (χ3n) is 7.55. The van der Waals surface area contributed by atoms with Gasteiger partial charge in [0.05, 0.1) is 18.3 Å². The Balaban J connectivity index is 2.17. The van der Waals surface area contributed by atoms with Gasteiger partial charge in [0.25, 0.3) is 0 Å². The summed E-state index contributed by atoms with van der Waals surface area (Å²) in [6.45, 7) is 8.85. The Morgan fingerprint density at radius 3 is 2.48 bits per heavy atom. The van der Waals surface area contributed by atoms with Crippen LogP contribution in [-0.2, 0) is 0 Å². The van der Waals surface area contributed by atoms with Crippen LogP contribution in [0.1, 0.15) is 53.4 Å². The Kier molecular flexibility index (Phi) is 4.67. The summed E-state index contributed by atoms with van der Waals surface area (Å²) in [5.74, 6) is 1.93. The predicted molar refractivity (Wildman–Crippen MR) is 91.7 cm³/mol. The third kappa shape index (κ3) is 2.51. The van der Waals surface area contributed by atoms with Crippen LogP contribution in [0.25, 0.3) is 0 Å². The summed E-state index contributed by atoms with van der Waals surface area (Å²) in [6.07, 6.45) is 5.79. The first kappa shape index (κ1) is 17.4. The number of aliphatic hydroxyl groups is 3. The molecular weight excluding hydrogens is 288 g/mol. The molecule has 8 unspecified atom stereocenters. The summed E-state index contributed by atoms with van der Waals surface area (Å²) in [5.41, 5.74) is -0.0894. The van der Waals surface area contributed by atoms with Gasteiger partial charge < -0.3 is 15.3 Å². The lowest BCUT2D eigenvalue weighted by Gasteiger charge is -2.60. The fraction of sp³-hybridized carbons (Fsp3) is 0.900. The van der Waals surface area contributed by atoms with E-state index in [1.807, 2.05) is 6.08 Å². The molecule has 0 aromatic rings. The zero-order valence-electron chi connectivity index (χ0n) is 15.1. The van der Waals surface area contributed by atoms with Crippen molar-refractivity contribution in [2.24, 2.45) is 41.4 Å². The van der Waals surface area contributed by atoms with Gasteiger partial charge in [-0.25, -0.2) is 0 Å². The Bertz CT molecular complexity index is 472. The molecule has 0 aliphatic heterocycles. The molecule has 0 heterocycles. The minimum Gasteiger partial charge on any atom is -0.392 e. The molecule has 0 saturated heterocycles. The molecule has 4 bridgehead atoms. The average Bonchev–Trinajstić information content (AvgIpc) is 2.50. The maximum absolute atomic E-state index is 11.9. The van der Waals surface area contributed by atoms with E-state index in [-0.39, 0.29) is 24.4 Å². The van der Waals surface area contributed by atoms with Crippen molar-refractivity contribution in [3.63, 3.8) is 0 Å². The Morgan fingerprint density at radius 2 is 1.87 bits per heavy atom. The molecule has 0 aromatic carbocycles. The van der Waals surface area contributed by atoms with Crippen LogP contribution in [0.5, 0.6) is 0 Å². The van der Waals surface area contributed by atoms with E-state index >= 15 is 0 Å². The van der Waals surface area contributed by atoms with Gasteiger partial charge in [-0.3, -0.25) is 0 Å². The Hall–Kier alpha value is -0.380. The van der Waals surface area contributed by atoms with Gasteiger partial charge in [0.1, 0.15) is 0 Å². The van der Waals surface area contributed by atoms with Crippen LogP contribution in [0, 0.1) is 41.4 Å². The van der Waals surface area contributed by atoms with Crippen LogP contribution in [0.2, 0.25) is 0 Å². The first-order chi connectivity index (χ1) is 10.8. The zero-order valence-corrected chi connectivity index (χ0v) is 15.1. The molecule has 3 N–H and O–H groups in total. The summed E-state index contributed by atoms with van der Waals surface area (Å²) in [5, 5.41) is 32.6. The molecule has 3 aliphatic rings. The summed E-state index contributed by atoms with van der Waals surface area (Å²) >= 11 is 0. The molecule has 3 aliphatic carbocycles. The van der Waals surface area contributed by atoms with Crippen LogP contribution in [0.3, 0.4) is 0 Å². The first-order valence-corrected chi connectivity index (χ1v) is 9.54. The second kappa shape index (κ2) is 6.16. The first-order valence-electron chi connectivity index (χ1n) is 9.54. The van der Waals surface area contributed by atoms with Crippen molar-refractivity contribution in [1.29, 1.82) is 0 Å². The van der Waals surface area contributed by atoms with Gasteiger partial charge in [-0.05, 0) is 54.4 Å². The second-order valence-electron chi connectivity index (χ2n) is 8.89. The average molecular weight is 322 g/mol. The number of hydrogen-bond acceptors (Lipinski definition) is 3. The van der Waals surface area contributed by atoms with Crippen molar-refractivity contribution < 1.29 is 15.3 Å². The van der Waals surface area contributed by atoms with Crippen molar-refractivity contribution in [1.82, 2.24) is 0 Å². The van der Waals surface area contributed by atoms with Gasteiger partial charge in [-0.2, -0.15) is 0 Å². The molecule has 23 heavy (non-hydrogen) atoms. The highest BCUT2D eigenvalue weighted by Crippen LogP contribution is 2.58. The predicted octanol–water partition coefficient (Wildman–Crippen LogP) is 2.99. The molecule has 8 atom stereocenters. The molecule has 3 rings (SSSR count). The lowest BCUT2D eigenvalue weighted by atomic mass is 9.48. The van der Waals surface area contributed by atoms with Gasteiger partial charge in [0, 0.05) is 11.8 Å². The molecule has 0 radical (unpaired) electrons. The number of aliphatic hydroxyl groups excluding tert-OH is 2. The van der Waals surface area contributed by atoms with Crippen molar-refractivity contribution in [3.05, 3.63) is 11.6 Å². The minimum absolute atomic E-state index is 0.0587. The van der Waals surface area contributed by atoms with Crippen molar-refractivity contribution in [2.45, 2.75) is 65.1 Å². The SMILES string of the molecule is CC(C)C1CCC(C)C2CCC(C)C3(O)C1C=C(CO)C(O)C23. The number of rotatable bonds is 2. The van der Waals surface area contributed by atoms with E-state index in [0.717, 1.165) is 24.8 Å². The van der Waals surface area contributed by atoms with Crippen molar-refractivity contribution in [2.75, 3.05) is 6.61 Å². The van der Waals surface area contributed by atoms with Gasteiger partial charge in [0.2, 0.25) is 0 Å². The summed E-state index contributed by atoms with van der Waals surface area (Å²) in [4.78, 5) is 0. The molecule has 0 amide bonds. The summed E-state index contributed by atoms with van der Waals surface area (Å²) in [6, 6.07) is 0. The monoisotopic (exact) mass is 322 g/mol. The normalized spacial score (nSPS) is 50.3. The quantitative estimate of drug-likeness (QED) is 0.685. The standard InChI is InChI=1S/C20H34O3/c1-11(2)15-7-5-12(3)16-8-6-13(4)20(23)17(15)9-14(10-21)19(22)18(16)20/h9,11-13,15-19,21-23H,5-8,10H2,1-4H3. The lowest BCUT2D eigenvalue weighted by Crippen LogP contribution is -2.65. The van der Waals surface area contributed by atoms with Crippen LogP contribution >= 0.6 is 0 Å². The maximum Gasteiger partial charge on any atom is 0.0831 e. The fourth-order valence-electron chi connectivity index (χ4n) is 6.10. The molecule has 0 spiro atoms. The van der Waals surface area contributed by atoms with Crippen LogP contribution < -0.4 is 0 Å². The van der Waals surface area contributed by atoms with E-state index in [1.54, 1.807) is 0 Å². The molecule has 2 fully saturated rings. The van der Waals surface area contributed by atoms with Gasteiger partial charge in [0.15, 0.2) is 0 Å². The van der Waals surface area contributed by atoms with Gasteiger partial charge in [-0.1, -0.05) is 40.2 Å². The van der Waals surface area contributed by atoms with Gasteiger partial charge >= 0.3 is 0 Å². The van der Waals surface area contributed by atoms with E-state index in [4.69, 9.17) is 0 Å². The van der Waals surface area contributed by atoms with E-state index in [9.17, 15) is 15.3 Å². The highest BCUT2D eigenvalue weighted by molar-refractivity contribution is 5.26. The van der Waals surface area contributed by atoms with Crippen molar-refractivity contribution in [3.8, 4) is 0 Å². The Morgan fingerprint density at radius 1 is 1.17 bits per heavy atom. The fourth-order valence-corrected chi connectivity index (χ4v) is 6.10. The Labute approximate surface area is 140 Å². The maximum atomic E-state index is 11.9. The summed E-state index contributed by atoms with van der Waals surface area (Å²) in [7, 11) is 0. The van der Waals surface area contributed by atoms with Crippen molar-refractivity contribution >= 4 is 0 Å². The topological polar surface area (TPSA) is 60.7 Å². The molecule has 2 saturated carbocycles. The highest BCUT2D eigenvalue weighted by atomic mass is 16.3. The van der Waals surface area contributed by atoms with Gasteiger partial charge in [-0.15, -0.1) is 0 Å². The van der Waals surface area contributed by atoms with E-state index in [1.165, 1.54) is 6.42 Å². The smallest absolute Gasteiger partial charge is 0.0831 e. The molecular formula is C20H34O3. The van der Waals surface area contributed by atoms with E-state index < -0.39 is 11.7 Å². The van der Waals surface area contributed by atoms with Crippen LogP contribution in [-0.4, -0.2) is 33.6 Å².